The smallest absolute Gasteiger partial charge is 0.208 e. The van der Waals surface area contributed by atoms with Crippen LogP contribution < -0.4 is 10.1 Å². The van der Waals surface area contributed by atoms with E-state index in [1.54, 1.807) is 6.20 Å². The van der Waals surface area contributed by atoms with Gasteiger partial charge in [0.1, 0.15) is 5.75 Å². The first-order valence-corrected chi connectivity index (χ1v) is 7.10. The van der Waals surface area contributed by atoms with E-state index in [2.05, 4.69) is 31.1 Å². The van der Waals surface area contributed by atoms with Crippen LogP contribution in [0.15, 0.2) is 34.9 Å². The first-order valence-electron chi connectivity index (χ1n) is 7.10. The largest absolute Gasteiger partial charge is 0.494 e. The fourth-order valence-corrected chi connectivity index (χ4v) is 1.78. The first kappa shape index (κ1) is 14.6. The van der Waals surface area contributed by atoms with Crippen LogP contribution >= 0.6 is 0 Å². The van der Waals surface area contributed by atoms with Gasteiger partial charge in [-0.05, 0) is 18.6 Å². The summed E-state index contributed by atoms with van der Waals surface area (Å²) in [5.74, 6) is 2.34. The van der Waals surface area contributed by atoms with Crippen molar-refractivity contribution in [2.45, 2.75) is 39.8 Å². The zero-order chi connectivity index (χ0) is 14.4. The molecule has 0 atom stereocenters. The molecular weight excluding hydrogens is 252 g/mol. The lowest BCUT2D eigenvalue weighted by Gasteiger charge is -2.05. The Balaban J connectivity index is 2.07. The maximum atomic E-state index is 5.75. The molecule has 0 amide bonds. The van der Waals surface area contributed by atoms with Crippen LogP contribution in [0.3, 0.4) is 0 Å². The summed E-state index contributed by atoms with van der Waals surface area (Å²) < 4.78 is 11.4. The fourth-order valence-electron chi connectivity index (χ4n) is 1.78. The topological polar surface area (TPSA) is 47.3 Å². The van der Waals surface area contributed by atoms with Gasteiger partial charge in [0, 0.05) is 11.6 Å². The molecule has 2 aromatic rings. The van der Waals surface area contributed by atoms with Crippen LogP contribution in [-0.4, -0.2) is 17.6 Å². The standard InChI is InChI=1S/C16H22N2O2/c1-4-8-19-14-7-5-6-13(9-14)15-10-18-16(20-15)11-17-12(2)3/h5-7,9-10,12,17H,4,8,11H2,1-3H3. The van der Waals surface area contributed by atoms with Gasteiger partial charge in [0.05, 0.1) is 19.3 Å². The van der Waals surface area contributed by atoms with Gasteiger partial charge in [-0.15, -0.1) is 0 Å². The normalized spacial score (nSPS) is 11.0. The minimum atomic E-state index is 0.413. The number of hydrogen-bond acceptors (Lipinski definition) is 4. The van der Waals surface area contributed by atoms with E-state index < -0.39 is 0 Å². The molecule has 0 aliphatic heterocycles. The van der Waals surface area contributed by atoms with Crippen molar-refractivity contribution in [2.75, 3.05) is 6.61 Å². The molecule has 0 fully saturated rings. The van der Waals surface area contributed by atoms with Crippen LogP contribution in [0.25, 0.3) is 11.3 Å². The van der Waals surface area contributed by atoms with E-state index in [9.17, 15) is 0 Å². The summed E-state index contributed by atoms with van der Waals surface area (Å²) in [6.45, 7) is 7.65. The summed E-state index contributed by atoms with van der Waals surface area (Å²) in [4.78, 5) is 4.29. The number of nitrogens with one attached hydrogen (secondary N) is 1. The van der Waals surface area contributed by atoms with Crippen molar-refractivity contribution in [2.24, 2.45) is 0 Å². The summed E-state index contributed by atoms with van der Waals surface area (Å²) in [5, 5.41) is 3.28. The lowest BCUT2D eigenvalue weighted by Crippen LogP contribution is -2.21. The maximum absolute atomic E-state index is 5.75. The molecule has 1 heterocycles. The molecule has 20 heavy (non-hydrogen) atoms. The van der Waals surface area contributed by atoms with Crippen LogP contribution in [0.4, 0.5) is 0 Å². The van der Waals surface area contributed by atoms with Crippen molar-refractivity contribution in [1.82, 2.24) is 10.3 Å². The van der Waals surface area contributed by atoms with Crippen LogP contribution in [-0.2, 0) is 6.54 Å². The minimum Gasteiger partial charge on any atom is -0.494 e. The van der Waals surface area contributed by atoms with Gasteiger partial charge in [0.2, 0.25) is 5.89 Å². The summed E-state index contributed by atoms with van der Waals surface area (Å²) in [5.41, 5.74) is 0.988. The second kappa shape index (κ2) is 7.10. The van der Waals surface area contributed by atoms with Crippen molar-refractivity contribution in [3.63, 3.8) is 0 Å². The average molecular weight is 274 g/mol. The number of aromatic nitrogens is 1. The zero-order valence-electron chi connectivity index (χ0n) is 12.3. The predicted octanol–water partition coefficient (Wildman–Crippen LogP) is 3.63. The second-order valence-electron chi connectivity index (χ2n) is 5.03. The summed E-state index contributed by atoms with van der Waals surface area (Å²) in [6.07, 6.45) is 2.76. The Kier molecular flexibility index (Phi) is 5.18. The third-order valence-corrected chi connectivity index (χ3v) is 2.81. The van der Waals surface area contributed by atoms with Gasteiger partial charge in [-0.3, -0.25) is 0 Å². The van der Waals surface area contributed by atoms with Crippen molar-refractivity contribution in [3.8, 4) is 17.1 Å². The number of ether oxygens (including phenoxy) is 1. The summed E-state index contributed by atoms with van der Waals surface area (Å²) in [7, 11) is 0. The molecule has 1 aromatic heterocycles. The van der Waals surface area contributed by atoms with Gasteiger partial charge in [-0.1, -0.05) is 32.9 Å². The zero-order valence-corrected chi connectivity index (χ0v) is 12.3. The van der Waals surface area contributed by atoms with E-state index in [4.69, 9.17) is 9.15 Å². The van der Waals surface area contributed by atoms with Crippen LogP contribution in [0.2, 0.25) is 0 Å². The lowest BCUT2D eigenvalue weighted by molar-refractivity contribution is 0.317. The molecule has 0 spiro atoms. The molecule has 1 aromatic carbocycles. The fraction of sp³-hybridized carbons (Fsp3) is 0.438. The number of rotatable bonds is 7. The number of nitrogens with zero attached hydrogens (tertiary/aromatic N) is 1. The summed E-state index contributed by atoms with van der Waals surface area (Å²) in [6, 6.07) is 8.32. The Bertz CT molecular complexity index is 535. The molecule has 2 rings (SSSR count). The molecule has 4 heteroatoms. The highest BCUT2D eigenvalue weighted by atomic mass is 16.5. The third-order valence-electron chi connectivity index (χ3n) is 2.81. The van der Waals surface area contributed by atoms with Crippen LogP contribution in [0.5, 0.6) is 5.75 Å². The Morgan fingerprint density at radius 3 is 2.95 bits per heavy atom. The molecule has 0 radical (unpaired) electrons. The van der Waals surface area contributed by atoms with Crippen molar-refractivity contribution < 1.29 is 9.15 Å². The molecule has 0 unspecified atom stereocenters. The number of oxazole rings is 1. The number of hydrogen-bond donors (Lipinski definition) is 1. The number of benzene rings is 1. The van der Waals surface area contributed by atoms with E-state index >= 15 is 0 Å². The highest BCUT2D eigenvalue weighted by molar-refractivity contribution is 5.58. The van der Waals surface area contributed by atoms with Crippen molar-refractivity contribution >= 4 is 0 Å². The SMILES string of the molecule is CCCOc1cccc(-c2cnc(CNC(C)C)o2)c1. The minimum absolute atomic E-state index is 0.413. The molecule has 0 aliphatic rings. The first-order chi connectivity index (χ1) is 9.69. The van der Waals surface area contributed by atoms with Crippen LogP contribution in [0.1, 0.15) is 33.1 Å². The third kappa shape index (κ3) is 4.10. The molecule has 108 valence electrons. The van der Waals surface area contributed by atoms with Gasteiger partial charge in [0.15, 0.2) is 5.76 Å². The van der Waals surface area contributed by atoms with Crippen LogP contribution in [0, 0.1) is 0 Å². The molecule has 0 saturated carbocycles. The Morgan fingerprint density at radius 1 is 1.35 bits per heavy atom. The second-order valence-corrected chi connectivity index (χ2v) is 5.03. The van der Waals surface area contributed by atoms with Gasteiger partial charge in [-0.2, -0.15) is 0 Å². The van der Waals surface area contributed by atoms with Crippen molar-refractivity contribution in [3.05, 3.63) is 36.4 Å². The van der Waals surface area contributed by atoms with Gasteiger partial charge >= 0.3 is 0 Å². The Hall–Kier alpha value is -1.81. The molecule has 0 aliphatic carbocycles. The Morgan fingerprint density at radius 2 is 2.20 bits per heavy atom. The van der Waals surface area contributed by atoms with Gasteiger partial charge in [0.25, 0.3) is 0 Å². The van der Waals surface area contributed by atoms with Gasteiger partial charge in [-0.25, -0.2) is 4.98 Å². The van der Waals surface area contributed by atoms with E-state index in [1.165, 1.54) is 0 Å². The maximum Gasteiger partial charge on any atom is 0.208 e. The Labute approximate surface area is 120 Å². The van der Waals surface area contributed by atoms with E-state index in [1.807, 2.05) is 24.3 Å². The highest BCUT2D eigenvalue weighted by Gasteiger charge is 2.07. The molecule has 1 N–H and O–H groups in total. The average Bonchev–Trinajstić information content (AvgIpc) is 2.92. The van der Waals surface area contributed by atoms with E-state index in [-0.39, 0.29) is 0 Å². The predicted molar refractivity (Wildman–Crippen MR) is 79.7 cm³/mol. The molecule has 4 nitrogen and oxygen atoms in total. The highest BCUT2D eigenvalue weighted by Crippen LogP contribution is 2.24. The monoisotopic (exact) mass is 274 g/mol. The molecular formula is C16H22N2O2. The molecule has 0 saturated heterocycles. The van der Waals surface area contributed by atoms with E-state index in [0.717, 1.165) is 30.1 Å². The lowest BCUT2D eigenvalue weighted by atomic mass is 10.2. The van der Waals surface area contributed by atoms with E-state index in [0.29, 0.717) is 18.5 Å². The summed E-state index contributed by atoms with van der Waals surface area (Å²) >= 11 is 0. The quantitative estimate of drug-likeness (QED) is 0.837. The molecule has 0 bridgehead atoms. The van der Waals surface area contributed by atoms with Crippen molar-refractivity contribution in [1.29, 1.82) is 0 Å². The van der Waals surface area contributed by atoms with Gasteiger partial charge < -0.3 is 14.5 Å².